The zero-order chi connectivity index (χ0) is 12.1. The van der Waals surface area contributed by atoms with E-state index in [9.17, 15) is 0 Å². The Kier molecular flexibility index (Phi) is 4.51. The minimum atomic E-state index is 0.325. The summed E-state index contributed by atoms with van der Waals surface area (Å²) in [5.41, 5.74) is 7.32. The first-order chi connectivity index (χ1) is 8.28. The van der Waals surface area contributed by atoms with Gasteiger partial charge in [0.2, 0.25) is 0 Å². The van der Waals surface area contributed by atoms with Crippen LogP contribution in [0.2, 0.25) is 0 Å². The SMILES string of the molecule is CCN(Cc1ccccn1)C[C@@H](N)CC1CC1. The quantitative estimate of drug-likeness (QED) is 0.783. The van der Waals surface area contributed by atoms with E-state index in [0.29, 0.717) is 6.04 Å². The van der Waals surface area contributed by atoms with Gasteiger partial charge in [-0.05, 0) is 31.0 Å². The highest BCUT2D eigenvalue weighted by molar-refractivity contribution is 5.03. The van der Waals surface area contributed by atoms with Crippen molar-refractivity contribution in [1.82, 2.24) is 9.88 Å². The fraction of sp³-hybridized carbons (Fsp3) is 0.643. The number of rotatable bonds is 7. The van der Waals surface area contributed by atoms with Gasteiger partial charge in [0.05, 0.1) is 5.69 Å². The van der Waals surface area contributed by atoms with E-state index in [4.69, 9.17) is 5.73 Å². The van der Waals surface area contributed by atoms with Gasteiger partial charge in [0, 0.05) is 25.3 Å². The second-order valence-electron chi connectivity index (χ2n) is 5.09. The lowest BCUT2D eigenvalue weighted by Crippen LogP contribution is -2.37. The fourth-order valence-electron chi connectivity index (χ4n) is 2.21. The van der Waals surface area contributed by atoms with Gasteiger partial charge in [-0.2, -0.15) is 0 Å². The minimum absolute atomic E-state index is 0.325. The maximum absolute atomic E-state index is 6.18. The van der Waals surface area contributed by atoms with Crippen molar-refractivity contribution in [3.05, 3.63) is 30.1 Å². The largest absolute Gasteiger partial charge is 0.327 e. The average molecular weight is 233 g/mol. The third-order valence-corrected chi connectivity index (χ3v) is 3.38. The molecule has 1 fully saturated rings. The van der Waals surface area contributed by atoms with E-state index >= 15 is 0 Å². The molecule has 0 aliphatic heterocycles. The van der Waals surface area contributed by atoms with Gasteiger partial charge in [-0.1, -0.05) is 25.8 Å². The first kappa shape index (κ1) is 12.5. The van der Waals surface area contributed by atoms with Crippen LogP contribution >= 0.6 is 0 Å². The maximum atomic E-state index is 6.18. The van der Waals surface area contributed by atoms with Gasteiger partial charge in [-0.15, -0.1) is 0 Å². The topological polar surface area (TPSA) is 42.2 Å². The monoisotopic (exact) mass is 233 g/mol. The molecule has 0 saturated heterocycles. The molecule has 1 heterocycles. The molecule has 2 N–H and O–H groups in total. The first-order valence-electron chi connectivity index (χ1n) is 6.65. The minimum Gasteiger partial charge on any atom is -0.327 e. The molecule has 0 amide bonds. The third-order valence-electron chi connectivity index (χ3n) is 3.38. The summed E-state index contributed by atoms with van der Waals surface area (Å²) in [5, 5.41) is 0. The van der Waals surface area contributed by atoms with Crippen LogP contribution in [0.15, 0.2) is 24.4 Å². The third kappa shape index (κ3) is 4.44. The molecule has 1 aliphatic carbocycles. The Labute approximate surface area is 104 Å². The van der Waals surface area contributed by atoms with Crippen LogP contribution in [0.5, 0.6) is 0 Å². The molecule has 17 heavy (non-hydrogen) atoms. The van der Waals surface area contributed by atoms with Crippen molar-refractivity contribution in [2.45, 2.75) is 38.8 Å². The van der Waals surface area contributed by atoms with Gasteiger partial charge in [0.15, 0.2) is 0 Å². The second-order valence-corrected chi connectivity index (χ2v) is 5.09. The van der Waals surface area contributed by atoms with Crippen molar-refractivity contribution in [2.24, 2.45) is 11.7 Å². The molecule has 3 nitrogen and oxygen atoms in total. The van der Waals surface area contributed by atoms with Crippen molar-refractivity contribution >= 4 is 0 Å². The van der Waals surface area contributed by atoms with Crippen molar-refractivity contribution in [1.29, 1.82) is 0 Å². The molecule has 0 radical (unpaired) electrons. The molecule has 1 saturated carbocycles. The highest BCUT2D eigenvalue weighted by Crippen LogP contribution is 2.33. The van der Waals surface area contributed by atoms with Crippen LogP contribution in [-0.2, 0) is 6.54 Å². The molecule has 2 rings (SSSR count). The molecule has 0 unspecified atom stereocenters. The summed E-state index contributed by atoms with van der Waals surface area (Å²) in [6, 6.07) is 6.40. The van der Waals surface area contributed by atoms with Crippen LogP contribution in [0.4, 0.5) is 0 Å². The van der Waals surface area contributed by atoms with Crippen molar-refractivity contribution in [2.75, 3.05) is 13.1 Å². The van der Waals surface area contributed by atoms with Crippen LogP contribution < -0.4 is 5.73 Å². The molecule has 3 heteroatoms. The number of aromatic nitrogens is 1. The Hall–Kier alpha value is -0.930. The average Bonchev–Trinajstić information content (AvgIpc) is 3.13. The van der Waals surface area contributed by atoms with Gasteiger partial charge < -0.3 is 5.73 Å². The van der Waals surface area contributed by atoms with Crippen LogP contribution in [0.25, 0.3) is 0 Å². The van der Waals surface area contributed by atoms with Crippen LogP contribution in [0, 0.1) is 5.92 Å². The second kappa shape index (κ2) is 6.12. The Morgan fingerprint density at radius 3 is 2.88 bits per heavy atom. The maximum Gasteiger partial charge on any atom is 0.0543 e. The molecule has 1 aromatic heterocycles. The molecule has 0 bridgehead atoms. The predicted molar refractivity (Wildman–Crippen MR) is 70.5 cm³/mol. The van der Waals surface area contributed by atoms with E-state index in [1.165, 1.54) is 19.3 Å². The molecular weight excluding hydrogens is 210 g/mol. The lowest BCUT2D eigenvalue weighted by molar-refractivity contribution is 0.251. The Morgan fingerprint density at radius 1 is 1.47 bits per heavy atom. The fourth-order valence-corrected chi connectivity index (χ4v) is 2.21. The zero-order valence-electron chi connectivity index (χ0n) is 10.7. The van der Waals surface area contributed by atoms with Crippen molar-refractivity contribution in [3.63, 3.8) is 0 Å². The summed E-state index contributed by atoms with van der Waals surface area (Å²) in [4.78, 5) is 6.75. The summed E-state index contributed by atoms with van der Waals surface area (Å²) in [6.07, 6.45) is 5.83. The van der Waals surface area contributed by atoms with Crippen LogP contribution in [0.3, 0.4) is 0 Å². The van der Waals surface area contributed by atoms with Gasteiger partial charge in [0.25, 0.3) is 0 Å². The smallest absolute Gasteiger partial charge is 0.0543 e. The lowest BCUT2D eigenvalue weighted by Gasteiger charge is -2.23. The highest BCUT2D eigenvalue weighted by atomic mass is 15.1. The van der Waals surface area contributed by atoms with E-state index in [1.807, 2.05) is 18.3 Å². The molecule has 94 valence electrons. The normalized spacial score (nSPS) is 17.4. The number of nitrogens with zero attached hydrogens (tertiary/aromatic N) is 2. The molecule has 0 spiro atoms. The van der Waals surface area contributed by atoms with Gasteiger partial charge in [0.1, 0.15) is 0 Å². The standard InChI is InChI=1S/C14H23N3/c1-2-17(10-13(15)9-12-6-7-12)11-14-5-3-4-8-16-14/h3-5,8,12-13H,2,6-7,9-11,15H2,1H3/t13-/m0/s1. The van der Waals surface area contributed by atoms with Gasteiger partial charge in [-0.3, -0.25) is 9.88 Å². The first-order valence-corrected chi connectivity index (χ1v) is 6.65. The summed E-state index contributed by atoms with van der Waals surface area (Å²) >= 11 is 0. The number of pyridine rings is 1. The highest BCUT2D eigenvalue weighted by Gasteiger charge is 2.24. The van der Waals surface area contributed by atoms with E-state index in [0.717, 1.165) is 31.2 Å². The Bertz CT molecular complexity index is 321. The number of hydrogen-bond acceptors (Lipinski definition) is 3. The summed E-state index contributed by atoms with van der Waals surface area (Å²) in [6.45, 7) is 5.13. The van der Waals surface area contributed by atoms with Crippen molar-refractivity contribution < 1.29 is 0 Å². The van der Waals surface area contributed by atoms with E-state index in [-0.39, 0.29) is 0 Å². The molecule has 1 aromatic rings. The molecular formula is C14H23N3. The van der Waals surface area contributed by atoms with Crippen molar-refractivity contribution in [3.8, 4) is 0 Å². The molecule has 0 aromatic carbocycles. The van der Waals surface area contributed by atoms with E-state index < -0.39 is 0 Å². The Morgan fingerprint density at radius 2 is 2.29 bits per heavy atom. The number of likely N-dealkylation sites (N-methyl/N-ethyl adjacent to an activating group) is 1. The van der Waals surface area contributed by atoms with Gasteiger partial charge in [-0.25, -0.2) is 0 Å². The lowest BCUT2D eigenvalue weighted by atomic mass is 10.1. The predicted octanol–water partition coefficient (Wildman–Crippen LogP) is 2.03. The summed E-state index contributed by atoms with van der Waals surface area (Å²) in [7, 11) is 0. The van der Waals surface area contributed by atoms with E-state index in [1.54, 1.807) is 0 Å². The number of nitrogens with two attached hydrogens (primary N) is 1. The summed E-state index contributed by atoms with van der Waals surface area (Å²) in [5.74, 6) is 0.915. The number of hydrogen-bond donors (Lipinski definition) is 1. The van der Waals surface area contributed by atoms with Crippen LogP contribution in [-0.4, -0.2) is 29.0 Å². The van der Waals surface area contributed by atoms with Crippen LogP contribution in [0.1, 0.15) is 31.9 Å². The van der Waals surface area contributed by atoms with Gasteiger partial charge >= 0.3 is 0 Å². The molecule has 1 atom stereocenters. The molecule has 1 aliphatic rings. The Balaban J connectivity index is 1.79. The van der Waals surface area contributed by atoms with E-state index in [2.05, 4.69) is 22.9 Å². The zero-order valence-corrected chi connectivity index (χ0v) is 10.7. The summed E-state index contributed by atoms with van der Waals surface area (Å²) < 4.78 is 0.